The molecule has 0 spiro atoms. The molecule has 1 aromatic rings. The van der Waals surface area contributed by atoms with Gasteiger partial charge in [-0.3, -0.25) is 9.69 Å². The number of hydrogen-bond acceptors (Lipinski definition) is 7. The number of hydrazine groups is 1. The number of aromatic nitrogens is 1. The summed E-state index contributed by atoms with van der Waals surface area (Å²) >= 11 is 0. The molecule has 1 saturated heterocycles. The van der Waals surface area contributed by atoms with E-state index in [2.05, 4.69) is 10.3 Å². The number of β-amino-alcohol motifs (C(OH)–C–C–N with tert-alkyl or cyclic N) is 1. The molecule has 7 N–H and O–H groups in total. The Morgan fingerprint density at radius 2 is 2.19 bits per heavy atom. The first-order valence-electron chi connectivity index (χ1n) is 8.90. The Morgan fingerprint density at radius 1 is 1.52 bits per heavy atom. The van der Waals surface area contributed by atoms with Gasteiger partial charge in [-0.1, -0.05) is 13.8 Å². The van der Waals surface area contributed by atoms with Gasteiger partial charge in [-0.05, 0) is 31.5 Å². The van der Waals surface area contributed by atoms with Crippen LogP contribution in [0.3, 0.4) is 0 Å². The molecular weight excluding hydrogens is 348 g/mol. The van der Waals surface area contributed by atoms with E-state index in [0.29, 0.717) is 18.7 Å². The summed E-state index contributed by atoms with van der Waals surface area (Å²) in [5.74, 6) is 5.89. The second kappa shape index (κ2) is 10.7. The Balaban J connectivity index is 0.000000289. The quantitative estimate of drug-likeness (QED) is 0.254. The fourth-order valence-electron chi connectivity index (χ4n) is 2.84. The smallest absolute Gasteiger partial charge is 0.237 e. The number of nitrogens with one attached hydrogen (secondary N) is 2. The molecule has 152 valence electrons. The van der Waals surface area contributed by atoms with Crippen molar-refractivity contribution in [3.63, 3.8) is 0 Å². The third-order valence-corrected chi connectivity index (χ3v) is 4.44. The maximum Gasteiger partial charge on any atom is 0.237 e. The Hall–Kier alpha value is -2.36. The lowest BCUT2D eigenvalue weighted by atomic mass is 10.1. The molecule has 2 heterocycles. The van der Waals surface area contributed by atoms with Crippen LogP contribution in [0, 0.1) is 5.92 Å². The summed E-state index contributed by atoms with van der Waals surface area (Å²) < 4.78 is 0. The summed E-state index contributed by atoms with van der Waals surface area (Å²) in [5, 5.41) is 13.1. The number of aliphatic hydroxyl groups is 1. The number of nitrogens with zero attached hydrogens (tertiary/aromatic N) is 2. The van der Waals surface area contributed by atoms with E-state index < -0.39 is 0 Å². The number of carbonyl (C=O) groups is 2. The summed E-state index contributed by atoms with van der Waals surface area (Å²) in [5.41, 5.74) is 7.11. The molecule has 3 unspecified atom stereocenters. The first kappa shape index (κ1) is 22.7. The van der Waals surface area contributed by atoms with E-state index in [-0.39, 0.29) is 30.0 Å². The van der Waals surface area contributed by atoms with Crippen molar-refractivity contribution in [2.75, 3.05) is 20.6 Å². The molecule has 0 aromatic carbocycles. The van der Waals surface area contributed by atoms with Gasteiger partial charge in [0.2, 0.25) is 5.91 Å². The number of likely N-dealkylation sites (N-methyl/N-ethyl adjacent to an activating group) is 2. The van der Waals surface area contributed by atoms with Crippen molar-refractivity contribution < 1.29 is 14.7 Å². The van der Waals surface area contributed by atoms with E-state index in [1.165, 1.54) is 5.01 Å². The molecule has 2 rings (SSSR count). The number of hydrogen-bond donors (Lipinski definition) is 5. The maximum absolute atomic E-state index is 11.1. The van der Waals surface area contributed by atoms with Crippen LogP contribution >= 0.6 is 0 Å². The standard InChI is InChI=1S/C11H18N4O.C7H14N2O2/c1-8(2)11(7-16)15(13)6-9(12)10-4-3-5-14-10;1-8-7(11)6-3-5(10)4-9(6)2/h3-8,11,14H,12-13H2,1-2H3;5-6,10H,3-4H2,1-2H3,(H,8,11)/b9-6-;. The normalized spacial score (nSPS) is 21.4. The zero-order chi connectivity index (χ0) is 20.6. The summed E-state index contributed by atoms with van der Waals surface area (Å²) in [6.07, 6.45) is 4.36. The van der Waals surface area contributed by atoms with Gasteiger partial charge in [0.15, 0.2) is 0 Å². The largest absolute Gasteiger partial charge is 0.396 e. The third kappa shape index (κ3) is 6.70. The topological polar surface area (TPSA) is 141 Å². The first-order valence-corrected chi connectivity index (χ1v) is 8.90. The average Bonchev–Trinajstić information content (AvgIpc) is 3.24. The molecule has 0 saturated carbocycles. The summed E-state index contributed by atoms with van der Waals surface area (Å²) in [6.45, 7) is 4.45. The molecule has 9 nitrogen and oxygen atoms in total. The molecule has 1 aromatic heterocycles. The maximum atomic E-state index is 11.1. The van der Waals surface area contributed by atoms with Crippen molar-refractivity contribution in [2.24, 2.45) is 17.5 Å². The zero-order valence-corrected chi connectivity index (χ0v) is 16.4. The van der Waals surface area contributed by atoms with Crippen LogP contribution in [-0.2, 0) is 9.59 Å². The number of aldehydes is 1. The van der Waals surface area contributed by atoms with Gasteiger partial charge in [0, 0.05) is 26.0 Å². The van der Waals surface area contributed by atoms with Crippen molar-refractivity contribution in [2.45, 2.75) is 38.5 Å². The molecule has 1 aliphatic rings. The monoisotopic (exact) mass is 380 g/mol. The van der Waals surface area contributed by atoms with E-state index >= 15 is 0 Å². The second-order valence-electron chi connectivity index (χ2n) is 6.95. The number of H-pyrrole nitrogens is 1. The van der Waals surface area contributed by atoms with Gasteiger partial charge < -0.3 is 30.9 Å². The van der Waals surface area contributed by atoms with Gasteiger partial charge in [-0.25, -0.2) is 5.84 Å². The summed E-state index contributed by atoms with van der Waals surface area (Å²) in [7, 11) is 3.46. The fourth-order valence-corrected chi connectivity index (χ4v) is 2.84. The first-order chi connectivity index (χ1) is 12.7. The number of carbonyl (C=O) groups excluding carboxylic acids is 2. The Morgan fingerprint density at radius 3 is 2.59 bits per heavy atom. The van der Waals surface area contributed by atoms with Gasteiger partial charge >= 0.3 is 0 Å². The molecular formula is C18H32N6O3. The van der Waals surface area contributed by atoms with Crippen molar-refractivity contribution in [1.29, 1.82) is 0 Å². The number of rotatable bonds is 6. The second-order valence-corrected chi connectivity index (χ2v) is 6.95. The number of nitrogens with two attached hydrogens (primary N) is 2. The lowest BCUT2D eigenvalue weighted by Crippen LogP contribution is -2.41. The van der Waals surface area contributed by atoms with Crippen molar-refractivity contribution in [3.8, 4) is 0 Å². The van der Waals surface area contributed by atoms with Crippen LogP contribution in [-0.4, -0.2) is 71.0 Å². The predicted molar refractivity (Wildman–Crippen MR) is 105 cm³/mol. The van der Waals surface area contributed by atoms with Gasteiger partial charge in [-0.15, -0.1) is 0 Å². The number of likely N-dealkylation sites (tertiary alicyclic amines) is 1. The predicted octanol–water partition coefficient (Wildman–Crippen LogP) is -0.532. The minimum Gasteiger partial charge on any atom is -0.396 e. The minimum absolute atomic E-state index is 0.0101. The lowest BCUT2D eigenvalue weighted by Gasteiger charge is -2.24. The zero-order valence-electron chi connectivity index (χ0n) is 16.4. The van der Waals surface area contributed by atoms with Crippen molar-refractivity contribution in [1.82, 2.24) is 20.2 Å². The fraction of sp³-hybridized carbons (Fsp3) is 0.556. The number of aromatic amines is 1. The van der Waals surface area contributed by atoms with Crippen LogP contribution in [0.5, 0.6) is 0 Å². The SMILES string of the molecule is CC(C)C(C=O)N(N)/C=C(\N)c1ccc[nH]1.CNC(=O)C1CC(O)CN1C. The van der Waals surface area contributed by atoms with E-state index in [4.69, 9.17) is 11.6 Å². The van der Waals surface area contributed by atoms with Gasteiger partial charge in [-0.2, -0.15) is 0 Å². The highest BCUT2D eigenvalue weighted by molar-refractivity contribution is 5.81. The van der Waals surface area contributed by atoms with Crippen LogP contribution in [0.4, 0.5) is 0 Å². The van der Waals surface area contributed by atoms with Crippen LogP contribution < -0.4 is 16.9 Å². The molecule has 0 bridgehead atoms. The van der Waals surface area contributed by atoms with E-state index in [1.54, 1.807) is 19.4 Å². The highest BCUT2D eigenvalue weighted by Crippen LogP contribution is 2.15. The minimum atomic E-state index is -0.367. The van der Waals surface area contributed by atoms with Gasteiger partial charge in [0.1, 0.15) is 12.3 Å². The molecule has 1 amide bonds. The van der Waals surface area contributed by atoms with Gasteiger partial charge in [0.05, 0.1) is 23.5 Å². The van der Waals surface area contributed by atoms with Crippen LogP contribution in [0.25, 0.3) is 5.70 Å². The number of aliphatic hydroxyl groups excluding tert-OH is 1. The van der Waals surface area contributed by atoms with Crippen molar-refractivity contribution in [3.05, 3.63) is 30.2 Å². The molecule has 0 radical (unpaired) electrons. The molecule has 1 aliphatic heterocycles. The van der Waals surface area contributed by atoms with Crippen LogP contribution in [0.2, 0.25) is 0 Å². The summed E-state index contributed by atoms with van der Waals surface area (Å²) in [4.78, 5) is 26.8. The Kier molecular flexibility index (Phi) is 8.99. The Labute approximate surface area is 160 Å². The highest BCUT2D eigenvalue weighted by atomic mass is 16.3. The van der Waals surface area contributed by atoms with Gasteiger partial charge in [0.25, 0.3) is 0 Å². The van der Waals surface area contributed by atoms with Crippen LogP contribution in [0.1, 0.15) is 26.0 Å². The lowest BCUT2D eigenvalue weighted by molar-refractivity contribution is -0.124. The third-order valence-electron chi connectivity index (χ3n) is 4.44. The van der Waals surface area contributed by atoms with E-state index in [1.807, 2.05) is 37.9 Å². The average molecular weight is 380 g/mol. The van der Waals surface area contributed by atoms with Crippen molar-refractivity contribution >= 4 is 17.9 Å². The molecule has 1 fully saturated rings. The highest BCUT2D eigenvalue weighted by Gasteiger charge is 2.32. The molecule has 0 aliphatic carbocycles. The van der Waals surface area contributed by atoms with E-state index in [9.17, 15) is 14.7 Å². The van der Waals surface area contributed by atoms with E-state index in [0.717, 1.165) is 12.0 Å². The number of amides is 1. The Bertz CT molecular complexity index is 617. The molecule has 9 heteroatoms. The van der Waals surface area contributed by atoms with Crippen LogP contribution in [0.15, 0.2) is 24.5 Å². The summed E-state index contributed by atoms with van der Waals surface area (Å²) in [6, 6.07) is 3.17. The molecule has 27 heavy (non-hydrogen) atoms. The molecule has 3 atom stereocenters.